The van der Waals surface area contributed by atoms with Crippen molar-refractivity contribution in [1.82, 2.24) is 9.55 Å². The SMILES string of the molecule is CCCCc1nc(-c2ccccc2Br)cn1Cc1ccc(-c2ccccc2C#N)cc1. The number of halogens is 1. The predicted octanol–water partition coefficient (Wildman–Crippen LogP) is 7.24. The fraction of sp³-hybridized carbons (Fsp3) is 0.185. The van der Waals surface area contributed by atoms with Crippen LogP contribution in [0, 0.1) is 11.3 Å². The zero-order valence-electron chi connectivity index (χ0n) is 17.6. The number of benzene rings is 3. The van der Waals surface area contributed by atoms with Crippen LogP contribution >= 0.6 is 15.9 Å². The fourth-order valence-electron chi connectivity index (χ4n) is 3.74. The van der Waals surface area contributed by atoms with Crippen LogP contribution in [-0.4, -0.2) is 9.55 Å². The number of nitrogens with zero attached hydrogens (tertiary/aromatic N) is 3. The number of hydrogen-bond donors (Lipinski definition) is 0. The van der Waals surface area contributed by atoms with Crippen LogP contribution < -0.4 is 0 Å². The Bertz CT molecular complexity index is 1220. The van der Waals surface area contributed by atoms with Crippen LogP contribution in [0.4, 0.5) is 0 Å². The maximum Gasteiger partial charge on any atom is 0.109 e. The topological polar surface area (TPSA) is 41.6 Å². The molecule has 3 nitrogen and oxygen atoms in total. The molecule has 0 aliphatic heterocycles. The highest BCUT2D eigenvalue weighted by atomic mass is 79.9. The molecule has 154 valence electrons. The highest BCUT2D eigenvalue weighted by Gasteiger charge is 2.12. The van der Waals surface area contributed by atoms with E-state index >= 15 is 0 Å². The van der Waals surface area contributed by atoms with Crippen LogP contribution in [0.2, 0.25) is 0 Å². The van der Waals surface area contributed by atoms with Crippen LogP contribution in [0.15, 0.2) is 83.5 Å². The van der Waals surface area contributed by atoms with Crippen LogP contribution in [0.1, 0.15) is 36.7 Å². The average molecular weight is 470 g/mol. The zero-order valence-corrected chi connectivity index (χ0v) is 19.1. The van der Waals surface area contributed by atoms with Gasteiger partial charge in [0.25, 0.3) is 0 Å². The number of aromatic nitrogens is 2. The van der Waals surface area contributed by atoms with Crippen LogP contribution in [0.25, 0.3) is 22.4 Å². The molecule has 4 heteroatoms. The van der Waals surface area contributed by atoms with Crippen molar-refractivity contribution < 1.29 is 0 Å². The third-order valence-corrected chi connectivity index (χ3v) is 6.12. The first-order valence-electron chi connectivity index (χ1n) is 10.6. The van der Waals surface area contributed by atoms with Crippen molar-refractivity contribution in [2.24, 2.45) is 0 Å². The molecule has 1 heterocycles. The van der Waals surface area contributed by atoms with E-state index in [0.29, 0.717) is 5.56 Å². The van der Waals surface area contributed by atoms with E-state index in [-0.39, 0.29) is 0 Å². The van der Waals surface area contributed by atoms with E-state index < -0.39 is 0 Å². The van der Waals surface area contributed by atoms with Gasteiger partial charge in [0, 0.05) is 29.2 Å². The lowest BCUT2D eigenvalue weighted by Crippen LogP contribution is -2.04. The lowest BCUT2D eigenvalue weighted by Gasteiger charge is -2.09. The molecule has 0 N–H and O–H groups in total. The Labute approximate surface area is 192 Å². The summed E-state index contributed by atoms with van der Waals surface area (Å²) in [5.41, 5.74) is 6.06. The molecule has 4 aromatic rings. The molecule has 0 spiro atoms. The van der Waals surface area contributed by atoms with E-state index in [1.54, 1.807) is 0 Å². The van der Waals surface area contributed by atoms with Gasteiger partial charge < -0.3 is 4.57 Å². The Balaban J connectivity index is 1.62. The van der Waals surface area contributed by atoms with Crippen LogP contribution in [-0.2, 0) is 13.0 Å². The molecule has 0 aliphatic carbocycles. The van der Waals surface area contributed by atoms with Crippen molar-refractivity contribution in [2.75, 3.05) is 0 Å². The first-order valence-corrected chi connectivity index (χ1v) is 11.4. The van der Waals surface area contributed by atoms with Gasteiger partial charge in [-0.2, -0.15) is 5.26 Å². The number of hydrogen-bond acceptors (Lipinski definition) is 2. The summed E-state index contributed by atoms with van der Waals surface area (Å²) in [6, 6.07) is 26.7. The number of unbranched alkanes of at least 4 members (excludes halogenated alkanes) is 1. The Morgan fingerprint density at radius 1 is 0.935 bits per heavy atom. The maximum atomic E-state index is 9.38. The van der Waals surface area contributed by atoms with Crippen molar-refractivity contribution in [3.05, 3.63) is 100 Å². The fourth-order valence-corrected chi connectivity index (χ4v) is 4.23. The molecule has 0 unspecified atom stereocenters. The third kappa shape index (κ3) is 4.78. The molecular formula is C27H24BrN3. The minimum absolute atomic E-state index is 0.699. The van der Waals surface area contributed by atoms with Gasteiger partial charge in [0.2, 0.25) is 0 Å². The molecule has 0 amide bonds. The Morgan fingerprint density at radius 2 is 1.65 bits per heavy atom. The number of aryl methyl sites for hydroxylation is 1. The quantitative estimate of drug-likeness (QED) is 0.286. The second kappa shape index (κ2) is 9.76. The molecule has 0 aliphatic rings. The summed E-state index contributed by atoms with van der Waals surface area (Å²) >= 11 is 3.66. The van der Waals surface area contributed by atoms with E-state index in [1.807, 2.05) is 36.4 Å². The first kappa shape index (κ1) is 21.1. The van der Waals surface area contributed by atoms with Crippen LogP contribution in [0.3, 0.4) is 0 Å². The molecule has 0 saturated heterocycles. The number of nitriles is 1. The van der Waals surface area contributed by atoms with Gasteiger partial charge in [0.05, 0.1) is 17.3 Å². The zero-order chi connectivity index (χ0) is 21.6. The molecular weight excluding hydrogens is 446 g/mol. The molecule has 31 heavy (non-hydrogen) atoms. The summed E-state index contributed by atoms with van der Waals surface area (Å²) in [4.78, 5) is 4.96. The van der Waals surface area contributed by atoms with Gasteiger partial charge in [-0.25, -0.2) is 4.98 Å². The third-order valence-electron chi connectivity index (χ3n) is 5.43. The van der Waals surface area contributed by atoms with Gasteiger partial charge >= 0.3 is 0 Å². The molecule has 0 fully saturated rings. The van der Waals surface area contributed by atoms with Crippen molar-refractivity contribution in [2.45, 2.75) is 32.7 Å². The van der Waals surface area contributed by atoms with Crippen molar-refractivity contribution >= 4 is 15.9 Å². The van der Waals surface area contributed by atoms with Crippen molar-refractivity contribution in [1.29, 1.82) is 5.26 Å². The second-order valence-corrected chi connectivity index (χ2v) is 8.46. The van der Waals surface area contributed by atoms with Gasteiger partial charge in [-0.05, 0) is 35.2 Å². The predicted molar refractivity (Wildman–Crippen MR) is 130 cm³/mol. The minimum Gasteiger partial charge on any atom is -0.330 e. The molecule has 0 atom stereocenters. The molecule has 1 aromatic heterocycles. The summed E-state index contributed by atoms with van der Waals surface area (Å²) in [6.07, 6.45) is 5.39. The van der Waals surface area contributed by atoms with E-state index in [1.165, 1.54) is 5.56 Å². The highest BCUT2D eigenvalue weighted by molar-refractivity contribution is 9.10. The van der Waals surface area contributed by atoms with Gasteiger partial charge in [-0.15, -0.1) is 0 Å². The molecule has 0 bridgehead atoms. The largest absolute Gasteiger partial charge is 0.330 e. The lowest BCUT2D eigenvalue weighted by atomic mass is 9.99. The molecule has 3 aromatic carbocycles. The lowest BCUT2D eigenvalue weighted by molar-refractivity contribution is 0.678. The second-order valence-electron chi connectivity index (χ2n) is 7.61. The molecule has 0 saturated carbocycles. The van der Waals surface area contributed by atoms with E-state index in [0.717, 1.165) is 58.5 Å². The molecule has 4 rings (SSSR count). The maximum absolute atomic E-state index is 9.38. The summed E-state index contributed by atoms with van der Waals surface area (Å²) in [7, 11) is 0. The average Bonchev–Trinajstić information content (AvgIpc) is 3.20. The Kier molecular flexibility index (Phi) is 6.64. The van der Waals surface area contributed by atoms with E-state index in [2.05, 4.69) is 76.1 Å². The summed E-state index contributed by atoms with van der Waals surface area (Å²) in [5.74, 6) is 1.12. The van der Waals surface area contributed by atoms with Gasteiger partial charge in [0.1, 0.15) is 5.82 Å². The first-order chi connectivity index (χ1) is 15.2. The summed E-state index contributed by atoms with van der Waals surface area (Å²) < 4.78 is 3.32. The van der Waals surface area contributed by atoms with E-state index in [4.69, 9.17) is 4.98 Å². The monoisotopic (exact) mass is 469 g/mol. The Morgan fingerprint density at radius 3 is 2.35 bits per heavy atom. The van der Waals surface area contributed by atoms with E-state index in [9.17, 15) is 5.26 Å². The summed E-state index contributed by atoms with van der Waals surface area (Å²) in [5, 5.41) is 9.38. The standard InChI is InChI=1S/C27H24BrN3/c1-2-3-12-27-30-26(24-10-6-7-11-25(24)28)19-31(27)18-20-13-15-21(16-14-20)23-9-5-4-8-22(23)17-29/h4-11,13-16,19H,2-3,12,18H2,1H3. The number of rotatable bonds is 7. The number of imidazole rings is 1. The summed E-state index contributed by atoms with van der Waals surface area (Å²) in [6.45, 7) is 2.98. The van der Waals surface area contributed by atoms with Crippen molar-refractivity contribution in [3.8, 4) is 28.5 Å². The highest BCUT2D eigenvalue weighted by Crippen LogP contribution is 2.28. The van der Waals surface area contributed by atoms with Crippen molar-refractivity contribution in [3.63, 3.8) is 0 Å². The Hall–Kier alpha value is -3.16. The minimum atomic E-state index is 0.699. The van der Waals surface area contributed by atoms with Crippen LogP contribution in [0.5, 0.6) is 0 Å². The van der Waals surface area contributed by atoms with Gasteiger partial charge in [-0.3, -0.25) is 0 Å². The molecule has 0 radical (unpaired) electrons. The smallest absolute Gasteiger partial charge is 0.109 e. The van der Waals surface area contributed by atoms with Gasteiger partial charge in [0.15, 0.2) is 0 Å². The normalized spacial score (nSPS) is 10.7. The van der Waals surface area contributed by atoms with Gasteiger partial charge in [-0.1, -0.05) is 89.9 Å².